The summed E-state index contributed by atoms with van der Waals surface area (Å²) < 4.78 is 5.87. The van der Waals surface area contributed by atoms with Gasteiger partial charge < -0.3 is 9.73 Å². The van der Waals surface area contributed by atoms with Gasteiger partial charge in [-0.05, 0) is 38.3 Å². The number of hydrogen-bond acceptors (Lipinski definition) is 2. The van der Waals surface area contributed by atoms with Crippen LogP contribution < -0.4 is 5.32 Å². The van der Waals surface area contributed by atoms with Gasteiger partial charge in [0.1, 0.15) is 11.3 Å². The molecule has 1 aromatic heterocycles. The van der Waals surface area contributed by atoms with Crippen LogP contribution in [0, 0.1) is 5.92 Å². The Morgan fingerprint density at radius 3 is 2.50 bits per heavy atom. The normalized spacial score (nSPS) is 15.2. The lowest BCUT2D eigenvalue weighted by Gasteiger charge is -2.19. The topological polar surface area (TPSA) is 25.2 Å². The summed E-state index contributed by atoms with van der Waals surface area (Å²) in [4.78, 5) is 0. The monoisotopic (exact) mass is 245 g/mol. The Morgan fingerprint density at radius 2 is 1.83 bits per heavy atom. The number of benzene rings is 1. The molecule has 0 radical (unpaired) electrons. The standard InChI is InChI=1S/C16H23NO/c1-11(2)9-12(3)17-13(4)16-10-14-7-5-6-8-15(14)18-16/h5-8,10-13,17H,9H2,1-4H3. The van der Waals surface area contributed by atoms with Crippen LogP contribution in [0.2, 0.25) is 0 Å². The predicted molar refractivity (Wildman–Crippen MR) is 76.7 cm³/mol. The van der Waals surface area contributed by atoms with E-state index in [9.17, 15) is 0 Å². The second-order valence-electron chi connectivity index (χ2n) is 5.61. The van der Waals surface area contributed by atoms with Crippen LogP contribution in [-0.2, 0) is 0 Å². The van der Waals surface area contributed by atoms with Crippen molar-refractivity contribution < 1.29 is 4.42 Å². The van der Waals surface area contributed by atoms with Crippen LogP contribution in [0.5, 0.6) is 0 Å². The van der Waals surface area contributed by atoms with Crippen molar-refractivity contribution in [2.24, 2.45) is 5.92 Å². The fraction of sp³-hybridized carbons (Fsp3) is 0.500. The SMILES string of the molecule is CC(C)CC(C)NC(C)c1cc2ccccc2o1. The summed E-state index contributed by atoms with van der Waals surface area (Å²) >= 11 is 0. The molecule has 0 spiro atoms. The largest absolute Gasteiger partial charge is 0.459 e. The van der Waals surface area contributed by atoms with Crippen LogP contribution in [-0.4, -0.2) is 6.04 Å². The highest BCUT2D eigenvalue weighted by Gasteiger charge is 2.14. The van der Waals surface area contributed by atoms with E-state index in [-0.39, 0.29) is 6.04 Å². The Kier molecular flexibility index (Phi) is 4.07. The molecule has 2 unspecified atom stereocenters. The highest BCUT2D eigenvalue weighted by molar-refractivity contribution is 5.77. The molecule has 18 heavy (non-hydrogen) atoms. The van der Waals surface area contributed by atoms with E-state index in [0.717, 1.165) is 17.3 Å². The molecule has 2 rings (SSSR count). The minimum Gasteiger partial charge on any atom is -0.459 e. The zero-order valence-corrected chi connectivity index (χ0v) is 11.7. The van der Waals surface area contributed by atoms with Crippen molar-refractivity contribution in [3.05, 3.63) is 36.1 Å². The Balaban J connectivity index is 2.06. The lowest BCUT2D eigenvalue weighted by atomic mass is 10.0. The molecule has 98 valence electrons. The van der Waals surface area contributed by atoms with E-state index in [4.69, 9.17) is 4.42 Å². The van der Waals surface area contributed by atoms with Crippen molar-refractivity contribution in [3.63, 3.8) is 0 Å². The molecule has 2 atom stereocenters. The van der Waals surface area contributed by atoms with Gasteiger partial charge in [-0.1, -0.05) is 32.0 Å². The molecule has 0 aliphatic carbocycles. The summed E-state index contributed by atoms with van der Waals surface area (Å²) in [5.41, 5.74) is 0.970. The molecule has 0 saturated heterocycles. The minimum absolute atomic E-state index is 0.256. The second kappa shape index (κ2) is 5.57. The third-order valence-electron chi connectivity index (χ3n) is 3.23. The van der Waals surface area contributed by atoms with Crippen LogP contribution in [0.1, 0.15) is 45.9 Å². The summed E-state index contributed by atoms with van der Waals surface area (Å²) in [7, 11) is 0. The third kappa shape index (κ3) is 3.14. The molecule has 2 nitrogen and oxygen atoms in total. The van der Waals surface area contributed by atoms with E-state index in [1.165, 1.54) is 11.8 Å². The molecule has 0 saturated carbocycles. The van der Waals surface area contributed by atoms with E-state index in [2.05, 4.69) is 45.1 Å². The summed E-state index contributed by atoms with van der Waals surface area (Å²) in [5.74, 6) is 1.74. The maximum absolute atomic E-state index is 5.87. The number of para-hydroxylation sites is 1. The van der Waals surface area contributed by atoms with Gasteiger partial charge >= 0.3 is 0 Å². The van der Waals surface area contributed by atoms with Gasteiger partial charge in [-0.15, -0.1) is 0 Å². The summed E-state index contributed by atoms with van der Waals surface area (Å²) in [6, 6.07) is 11.1. The van der Waals surface area contributed by atoms with Gasteiger partial charge in [0.2, 0.25) is 0 Å². The van der Waals surface area contributed by atoms with Crippen molar-refractivity contribution in [3.8, 4) is 0 Å². The molecule has 0 aliphatic heterocycles. The number of rotatable bonds is 5. The lowest BCUT2D eigenvalue weighted by molar-refractivity contribution is 0.373. The fourth-order valence-corrected chi connectivity index (χ4v) is 2.50. The number of nitrogens with one attached hydrogen (secondary N) is 1. The molecule has 1 heterocycles. The summed E-state index contributed by atoms with van der Waals surface area (Å²) in [6.07, 6.45) is 1.19. The van der Waals surface area contributed by atoms with Crippen LogP contribution in [0.3, 0.4) is 0 Å². The summed E-state index contributed by atoms with van der Waals surface area (Å²) in [5, 5.41) is 4.77. The van der Waals surface area contributed by atoms with Crippen molar-refractivity contribution in [2.45, 2.75) is 46.2 Å². The number of furan rings is 1. The molecule has 1 aromatic carbocycles. The first-order valence-corrected chi connectivity index (χ1v) is 6.80. The summed E-state index contributed by atoms with van der Waals surface area (Å²) in [6.45, 7) is 8.90. The molecular weight excluding hydrogens is 222 g/mol. The second-order valence-corrected chi connectivity index (χ2v) is 5.61. The predicted octanol–water partition coefficient (Wildman–Crippen LogP) is 4.52. The van der Waals surface area contributed by atoms with Gasteiger partial charge in [0.25, 0.3) is 0 Å². The molecule has 0 fully saturated rings. The van der Waals surface area contributed by atoms with Crippen LogP contribution in [0.25, 0.3) is 11.0 Å². The van der Waals surface area contributed by atoms with E-state index >= 15 is 0 Å². The zero-order valence-electron chi connectivity index (χ0n) is 11.7. The van der Waals surface area contributed by atoms with Crippen LogP contribution in [0.4, 0.5) is 0 Å². The molecule has 1 N–H and O–H groups in total. The van der Waals surface area contributed by atoms with Gasteiger partial charge in [-0.2, -0.15) is 0 Å². The quantitative estimate of drug-likeness (QED) is 0.838. The van der Waals surface area contributed by atoms with Crippen molar-refractivity contribution in [1.29, 1.82) is 0 Å². The number of fused-ring (bicyclic) bond motifs is 1. The molecule has 2 heteroatoms. The fourth-order valence-electron chi connectivity index (χ4n) is 2.50. The first-order chi connectivity index (χ1) is 8.56. The van der Waals surface area contributed by atoms with E-state index in [0.29, 0.717) is 6.04 Å². The average Bonchev–Trinajstić information content (AvgIpc) is 2.71. The molecule has 0 amide bonds. The molecule has 2 aromatic rings. The van der Waals surface area contributed by atoms with Crippen molar-refractivity contribution in [1.82, 2.24) is 5.32 Å². The average molecular weight is 245 g/mol. The molecular formula is C16H23NO. The van der Waals surface area contributed by atoms with Crippen molar-refractivity contribution in [2.75, 3.05) is 0 Å². The van der Waals surface area contributed by atoms with Gasteiger partial charge in [0.05, 0.1) is 6.04 Å². The van der Waals surface area contributed by atoms with E-state index in [1.807, 2.05) is 18.2 Å². The van der Waals surface area contributed by atoms with Gasteiger partial charge in [0, 0.05) is 11.4 Å². The Morgan fingerprint density at radius 1 is 1.11 bits per heavy atom. The molecule has 0 aliphatic rings. The first kappa shape index (κ1) is 13.2. The van der Waals surface area contributed by atoms with Crippen molar-refractivity contribution >= 4 is 11.0 Å². The third-order valence-corrected chi connectivity index (χ3v) is 3.23. The smallest absolute Gasteiger partial charge is 0.134 e. The van der Waals surface area contributed by atoms with Gasteiger partial charge in [-0.25, -0.2) is 0 Å². The zero-order chi connectivity index (χ0) is 13.1. The first-order valence-electron chi connectivity index (χ1n) is 6.80. The highest BCUT2D eigenvalue weighted by Crippen LogP contribution is 2.24. The maximum Gasteiger partial charge on any atom is 0.134 e. The Hall–Kier alpha value is -1.28. The van der Waals surface area contributed by atoms with Crippen LogP contribution >= 0.6 is 0 Å². The van der Waals surface area contributed by atoms with Crippen LogP contribution in [0.15, 0.2) is 34.7 Å². The Bertz CT molecular complexity index is 468. The highest BCUT2D eigenvalue weighted by atomic mass is 16.3. The number of hydrogen-bond donors (Lipinski definition) is 1. The van der Waals surface area contributed by atoms with Gasteiger partial charge in [0.15, 0.2) is 0 Å². The maximum atomic E-state index is 5.87. The molecule has 0 bridgehead atoms. The lowest BCUT2D eigenvalue weighted by Crippen LogP contribution is -2.29. The van der Waals surface area contributed by atoms with Gasteiger partial charge in [-0.3, -0.25) is 0 Å². The van der Waals surface area contributed by atoms with E-state index in [1.54, 1.807) is 0 Å². The van der Waals surface area contributed by atoms with E-state index < -0.39 is 0 Å². The Labute approximate surface area is 109 Å². The minimum atomic E-state index is 0.256.